The van der Waals surface area contributed by atoms with Gasteiger partial charge in [0.05, 0.1) is 4.90 Å². The third-order valence-corrected chi connectivity index (χ3v) is 9.22. The molecule has 0 N–H and O–H groups in total. The van der Waals surface area contributed by atoms with E-state index in [0.29, 0.717) is 42.3 Å². The molecule has 188 valence electrons. The molecule has 5 rings (SSSR count). The van der Waals surface area contributed by atoms with Crippen LogP contribution in [0.5, 0.6) is 0 Å². The quantitative estimate of drug-likeness (QED) is 0.464. The number of piperidine rings is 2. The highest BCUT2D eigenvalue weighted by molar-refractivity contribution is 7.89. The lowest BCUT2D eigenvalue weighted by atomic mass is 9.90. The van der Waals surface area contributed by atoms with Crippen molar-refractivity contribution in [3.05, 3.63) is 65.9 Å². The Morgan fingerprint density at radius 2 is 1.75 bits per heavy atom. The van der Waals surface area contributed by atoms with Gasteiger partial charge in [0.2, 0.25) is 27.5 Å². The molecule has 2 aromatic carbocycles. The highest BCUT2D eigenvalue weighted by Crippen LogP contribution is 2.33. The van der Waals surface area contributed by atoms with Crippen molar-refractivity contribution in [1.82, 2.24) is 9.29 Å². The van der Waals surface area contributed by atoms with Gasteiger partial charge in [-0.2, -0.15) is 14.6 Å². The van der Waals surface area contributed by atoms with Gasteiger partial charge in [-0.25, -0.2) is 8.42 Å². The maximum Gasteiger partial charge on any atom is 0.243 e. The highest BCUT2D eigenvalue weighted by atomic mass is 32.2. The lowest BCUT2D eigenvalue weighted by Crippen LogP contribution is -2.39. The minimum atomic E-state index is -3.52. The molecule has 0 saturated carbocycles. The number of hydrogen-bond acceptors (Lipinski definition) is 6. The standard InChI is InChI=1S/C28H32N4O3S/c1-21-6-5-15-32(20-21)36(33,34)25-11-9-24(10-12-25)27-30-26(19-29)28(35-27)31-16-13-23(14-17-31)18-22-7-3-2-4-8-22/h2-4,7-12,21,23H,5-6,13-18,20H2,1H3/t21-/m0/s1. The number of anilines is 1. The highest BCUT2D eigenvalue weighted by Gasteiger charge is 2.29. The minimum Gasteiger partial charge on any atom is -0.419 e. The fraction of sp³-hybridized carbons (Fsp3) is 0.429. The van der Waals surface area contributed by atoms with Gasteiger partial charge in [0.25, 0.3) is 0 Å². The molecule has 3 heterocycles. The van der Waals surface area contributed by atoms with E-state index in [2.05, 4.69) is 47.1 Å². The largest absolute Gasteiger partial charge is 0.419 e. The van der Waals surface area contributed by atoms with E-state index in [4.69, 9.17) is 4.42 Å². The molecule has 2 aliphatic heterocycles. The van der Waals surface area contributed by atoms with Crippen LogP contribution in [0.2, 0.25) is 0 Å². The van der Waals surface area contributed by atoms with Gasteiger partial charge >= 0.3 is 0 Å². The van der Waals surface area contributed by atoms with Crippen LogP contribution < -0.4 is 4.90 Å². The third-order valence-electron chi connectivity index (χ3n) is 7.34. The van der Waals surface area contributed by atoms with Crippen molar-refractivity contribution in [2.45, 2.75) is 43.9 Å². The number of rotatable bonds is 6. The van der Waals surface area contributed by atoms with Gasteiger partial charge in [0, 0.05) is 31.7 Å². The number of nitriles is 1. The molecular formula is C28H32N4O3S. The molecular weight excluding hydrogens is 472 g/mol. The van der Waals surface area contributed by atoms with E-state index >= 15 is 0 Å². The van der Waals surface area contributed by atoms with Crippen molar-refractivity contribution >= 4 is 15.9 Å². The second-order valence-electron chi connectivity index (χ2n) is 10.0. The lowest BCUT2D eigenvalue weighted by molar-refractivity contribution is 0.281. The monoisotopic (exact) mass is 504 g/mol. The normalized spacial score (nSPS) is 19.8. The minimum absolute atomic E-state index is 0.269. The van der Waals surface area contributed by atoms with E-state index in [-0.39, 0.29) is 10.6 Å². The third kappa shape index (κ3) is 5.18. The molecule has 8 heteroatoms. The Hall–Kier alpha value is -3.15. The predicted molar refractivity (Wildman–Crippen MR) is 139 cm³/mol. The molecule has 0 spiro atoms. The summed E-state index contributed by atoms with van der Waals surface area (Å²) in [4.78, 5) is 6.80. The second-order valence-corrected chi connectivity index (χ2v) is 12.0. The number of sulfonamides is 1. The first-order chi connectivity index (χ1) is 17.4. The van der Waals surface area contributed by atoms with E-state index in [1.54, 1.807) is 28.6 Å². The van der Waals surface area contributed by atoms with Crippen LogP contribution in [0.3, 0.4) is 0 Å². The Morgan fingerprint density at radius 1 is 1.03 bits per heavy atom. The van der Waals surface area contributed by atoms with Crippen LogP contribution in [-0.2, 0) is 16.4 Å². The van der Waals surface area contributed by atoms with Gasteiger partial charge in [0.15, 0.2) is 0 Å². The van der Waals surface area contributed by atoms with Gasteiger partial charge in [-0.1, -0.05) is 37.3 Å². The van der Waals surface area contributed by atoms with Gasteiger partial charge in [-0.3, -0.25) is 0 Å². The van der Waals surface area contributed by atoms with Gasteiger partial charge in [0.1, 0.15) is 6.07 Å². The Labute approximate surface area is 213 Å². The Kier molecular flexibility index (Phi) is 7.13. The number of nitrogens with zero attached hydrogens (tertiary/aromatic N) is 4. The van der Waals surface area contributed by atoms with E-state index < -0.39 is 10.0 Å². The van der Waals surface area contributed by atoms with Crippen LogP contribution in [0.25, 0.3) is 11.5 Å². The summed E-state index contributed by atoms with van der Waals surface area (Å²) in [6.07, 6.45) is 5.06. The zero-order chi connectivity index (χ0) is 25.1. The Bertz CT molecular complexity index is 1320. The van der Waals surface area contributed by atoms with Gasteiger partial charge in [-0.05, 0) is 73.8 Å². The number of hydrogen-bond donors (Lipinski definition) is 0. The summed E-state index contributed by atoms with van der Waals surface area (Å²) in [5, 5.41) is 9.69. The smallest absolute Gasteiger partial charge is 0.243 e. The molecule has 2 saturated heterocycles. The maximum atomic E-state index is 13.1. The number of aromatic nitrogens is 1. The summed E-state index contributed by atoms with van der Waals surface area (Å²) in [5.41, 5.74) is 2.28. The molecule has 0 radical (unpaired) electrons. The first kappa shape index (κ1) is 24.5. The summed E-state index contributed by atoms with van der Waals surface area (Å²) < 4.78 is 33.8. The number of benzene rings is 2. The van der Waals surface area contributed by atoms with Crippen molar-refractivity contribution in [1.29, 1.82) is 5.26 Å². The average Bonchev–Trinajstić information content (AvgIpc) is 3.34. The summed E-state index contributed by atoms with van der Waals surface area (Å²) >= 11 is 0. The van der Waals surface area contributed by atoms with Crippen molar-refractivity contribution in [3.8, 4) is 17.5 Å². The molecule has 36 heavy (non-hydrogen) atoms. The van der Waals surface area contributed by atoms with Gasteiger partial charge in [-0.15, -0.1) is 0 Å². The summed E-state index contributed by atoms with van der Waals surface area (Å²) in [5.74, 6) is 1.81. The molecule has 1 aromatic heterocycles. The fourth-order valence-corrected chi connectivity index (χ4v) is 6.89. The van der Waals surface area contributed by atoms with E-state index in [1.165, 1.54) is 5.56 Å². The van der Waals surface area contributed by atoms with Crippen molar-refractivity contribution in [3.63, 3.8) is 0 Å². The van der Waals surface area contributed by atoms with Gasteiger partial charge < -0.3 is 9.32 Å². The van der Waals surface area contributed by atoms with E-state index in [1.807, 2.05) is 6.07 Å². The van der Waals surface area contributed by atoms with E-state index in [9.17, 15) is 13.7 Å². The Balaban J connectivity index is 1.28. The van der Waals surface area contributed by atoms with Crippen LogP contribution in [-0.4, -0.2) is 43.9 Å². The second kappa shape index (κ2) is 10.5. The van der Waals surface area contributed by atoms with Crippen LogP contribution in [0.4, 0.5) is 5.88 Å². The van der Waals surface area contributed by atoms with Crippen molar-refractivity contribution in [2.24, 2.45) is 11.8 Å². The first-order valence-corrected chi connectivity index (χ1v) is 14.2. The molecule has 0 aliphatic carbocycles. The summed E-state index contributed by atoms with van der Waals surface area (Å²) in [7, 11) is -3.52. The average molecular weight is 505 g/mol. The van der Waals surface area contributed by atoms with Crippen LogP contribution in [0, 0.1) is 23.2 Å². The fourth-order valence-electron chi connectivity index (χ4n) is 5.29. The predicted octanol–water partition coefficient (Wildman–Crippen LogP) is 5.09. The zero-order valence-electron chi connectivity index (χ0n) is 20.6. The molecule has 2 fully saturated rings. The number of oxazole rings is 1. The molecule has 3 aromatic rings. The first-order valence-electron chi connectivity index (χ1n) is 12.7. The summed E-state index contributed by atoms with van der Waals surface area (Å²) in [6.45, 7) is 4.83. The molecule has 2 aliphatic rings. The van der Waals surface area contributed by atoms with Crippen molar-refractivity contribution < 1.29 is 12.8 Å². The lowest BCUT2D eigenvalue weighted by Gasteiger charge is -2.31. The molecule has 1 atom stereocenters. The molecule has 7 nitrogen and oxygen atoms in total. The van der Waals surface area contributed by atoms with Crippen LogP contribution in [0.1, 0.15) is 43.9 Å². The Morgan fingerprint density at radius 3 is 2.42 bits per heavy atom. The van der Waals surface area contributed by atoms with Crippen LogP contribution >= 0.6 is 0 Å². The SMILES string of the molecule is C[C@H]1CCCN(S(=O)(=O)c2ccc(-c3nc(C#N)c(N4CCC(Cc5ccccc5)CC4)o3)cc2)C1. The zero-order valence-corrected chi connectivity index (χ0v) is 21.5. The molecule has 0 amide bonds. The van der Waals surface area contributed by atoms with Crippen LogP contribution in [0.15, 0.2) is 63.9 Å². The molecule has 0 bridgehead atoms. The summed E-state index contributed by atoms with van der Waals surface area (Å²) in [6, 6.07) is 19.3. The van der Waals surface area contributed by atoms with Crippen molar-refractivity contribution in [2.75, 3.05) is 31.1 Å². The maximum absolute atomic E-state index is 13.1. The van der Waals surface area contributed by atoms with E-state index in [0.717, 1.165) is 45.2 Å². The topological polar surface area (TPSA) is 90.4 Å². The molecule has 0 unspecified atom stereocenters.